The SMILES string of the molecule is C=C=C=C=C=C=C=C=C=C=C=C=C=C=C=C=C=C=C=C=C=C=C=C=C=C=C.CCOC(CNc1ccc(OC)c(NC(=O)OC)c1)OCC.COC(=O)Nc1cc(N)ccc1OC.[B][B]B([B])B(B(B([B])[B])B([B])[B])B(B(B([B])[B])B([B])[B])B(B([B])[B])B([B])[B]. The van der Waals surface area contributed by atoms with E-state index in [4.69, 9.17) is 133 Å². The molecule has 39 heteroatoms. The van der Waals surface area contributed by atoms with E-state index in [1.807, 2.05) is 19.9 Å². The van der Waals surface area contributed by atoms with Crippen LogP contribution in [0.3, 0.4) is 0 Å². The number of benzene rings is 2. The van der Waals surface area contributed by atoms with Crippen LogP contribution in [0.15, 0.2) is 193 Å². The molecule has 0 bridgehead atoms. The maximum atomic E-state index is 11.3. The number of nitrogens with one attached hydrogen (secondary N) is 3. The molecule has 0 aromatic heterocycles. The van der Waals surface area contributed by atoms with Gasteiger partial charge in [0.2, 0.25) is 0 Å². The highest BCUT2D eigenvalue weighted by Crippen LogP contribution is 2.28. The van der Waals surface area contributed by atoms with E-state index in [2.05, 4.69) is 182 Å². The average molecular weight is 1130 g/mol. The fraction of sp³-hybridized carbons (Fsp3) is 0.196. The Balaban J connectivity index is 0. The van der Waals surface area contributed by atoms with Gasteiger partial charge in [-0.05, 0) is 155 Å². The topological polar surface area (TPSA) is 152 Å². The summed E-state index contributed by atoms with van der Waals surface area (Å²) in [6.45, 7) is 12.1. The van der Waals surface area contributed by atoms with Crippen LogP contribution in [-0.2, 0) is 18.9 Å². The van der Waals surface area contributed by atoms with Crippen molar-refractivity contribution in [1.29, 1.82) is 0 Å². The minimum atomic E-state index is -0.994. The van der Waals surface area contributed by atoms with Crippen LogP contribution in [0.1, 0.15) is 13.8 Å². The molecular weight excluding hydrogens is 1090 g/mol. The number of amides is 2. The Morgan fingerprint density at radius 2 is 0.778 bits per heavy atom. The van der Waals surface area contributed by atoms with E-state index in [0.29, 0.717) is 48.3 Å². The number of hydrogen-bond acceptors (Lipinski definition) is 10. The van der Waals surface area contributed by atoms with Crippen molar-refractivity contribution >= 4 is 227 Å². The second kappa shape index (κ2) is 53.0. The standard InChI is InChI=1S/C27H4.C15H24N2O5.C9H12N2O3.B27/c1-3-5-7-9-11-13-15-17-19-21-23-25-27-26-24-22-20-18-16-14-12-10-8-6-4-2;1-5-21-14(22-6-2)10-16-11-7-8-13(19-3)12(9-11)17-15(18)20-4;1-13-8-4-3-6(10)5-7(8)11-9(12)14-2;1-15-22(14)26(23(16(2)3)17(4)5)27(24(18(6)7)19(8)9)25(20(10)11)21(12)13/h1-2H2;7-9,14,16H,5-6,10H2,1-4H3,(H,17,18);3-5H,10H2,1-2H3,(H,11,12);. The van der Waals surface area contributed by atoms with E-state index in [0.717, 1.165) is 5.69 Å². The van der Waals surface area contributed by atoms with Gasteiger partial charge in [-0.25, -0.2) is 9.59 Å². The first-order chi connectivity index (χ1) is 43.0. The van der Waals surface area contributed by atoms with Gasteiger partial charge in [0.25, 0.3) is 0 Å². The molecule has 0 saturated carbocycles. The average Bonchev–Trinajstić information content (AvgIpc) is 1.02. The lowest BCUT2D eigenvalue weighted by Gasteiger charge is -2.48. The third-order valence-electron chi connectivity index (χ3n) is 11.1. The molecule has 2 aromatic rings. The first-order valence-corrected chi connectivity index (χ1v) is 26.5. The van der Waals surface area contributed by atoms with Gasteiger partial charge in [0.15, 0.2) is 6.29 Å². The summed E-state index contributed by atoms with van der Waals surface area (Å²) in [6.07, 6.45) is -12.0. The molecule has 2 aromatic carbocycles. The van der Waals surface area contributed by atoms with Gasteiger partial charge in [-0.2, -0.15) is 0 Å². The number of rotatable bonds is 23. The predicted octanol–water partition coefficient (Wildman–Crippen LogP) is -1.46. The number of anilines is 4. The lowest BCUT2D eigenvalue weighted by atomic mass is 8.33. The van der Waals surface area contributed by atoms with Gasteiger partial charge in [-0.3, -0.25) is 10.6 Å². The van der Waals surface area contributed by atoms with Crippen molar-refractivity contribution in [3.63, 3.8) is 0 Å². The number of nitrogen functional groups attached to an aromatic ring is 1. The summed E-state index contributed by atoms with van der Waals surface area (Å²) in [6, 6.07) is 10.3. The molecule has 2 amide bonds. The minimum absolute atomic E-state index is 0.325. The molecular formula is C51H40B27N4O8. The molecule has 0 heterocycles. The van der Waals surface area contributed by atoms with Gasteiger partial charge in [-0.1, -0.05) is 11.5 Å². The highest BCUT2D eigenvalue weighted by atomic mass is 16.7. The van der Waals surface area contributed by atoms with Crippen LogP contribution in [0.4, 0.5) is 32.3 Å². The summed E-state index contributed by atoms with van der Waals surface area (Å²) in [5, 5.41) is 8.29. The second-order valence-corrected chi connectivity index (χ2v) is 17.2. The van der Waals surface area contributed by atoms with Gasteiger partial charge in [-0.15, -0.1) is 0 Å². The fourth-order valence-electron chi connectivity index (χ4n) is 7.52. The van der Waals surface area contributed by atoms with Gasteiger partial charge in [0.1, 0.15) is 11.5 Å². The van der Waals surface area contributed by atoms with Gasteiger partial charge in [0, 0.05) is 257 Å². The number of methoxy groups -OCH3 is 4. The van der Waals surface area contributed by atoms with Crippen molar-refractivity contribution in [1.82, 2.24) is 0 Å². The van der Waals surface area contributed by atoms with Crippen molar-refractivity contribution < 1.29 is 38.0 Å². The molecule has 12 nitrogen and oxygen atoms in total. The molecule has 0 aliphatic heterocycles. The molecule has 393 valence electrons. The lowest BCUT2D eigenvalue weighted by molar-refractivity contribution is -0.126. The van der Waals surface area contributed by atoms with E-state index in [-0.39, 0.29) is 6.29 Å². The van der Waals surface area contributed by atoms with E-state index >= 15 is 0 Å². The van der Waals surface area contributed by atoms with Gasteiger partial charge in [0.05, 0.1) is 46.4 Å². The minimum Gasteiger partial charge on any atom is -0.495 e. The van der Waals surface area contributed by atoms with Crippen LogP contribution in [0, 0.1) is 0 Å². The Labute approximate surface area is 555 Å². The number of carbonyl (C=O) groups excluding carboxylic acids is 2. The van der Waals surface area contributed by atoms with E-state index in [9.17, 15) is 9.59 Å². The number of ether oxygens (including phenoxy) is 6. The second-order valence-electron chi connectivity index (χ2n) is 17.2. The van der Waals surface area contributed by atoms with E-state index in [1.54, 1.807) is 30.3 Å². The maximum absolute atomic E-state index is 11.3. The summed E-state index contributed by atoms with van der Waals surface area (Å²) < 4.78 is 30.2. The van der Waals surface area contributed by atoms with Crippen LogP contribution >= 0.6 is 0 Å². The van der Waals surface area contributed by atoms with Crippen molar-refractivity contribution in [2.24, 2.45) is 0 Å². The Bertz CT molecular complexity index is 3490. The molecule has 0 unspecified atom stereocenters. The van der Waals surface area contributed by atoms with Crippen LogP contribution in [0.5, 0.6) is 11.5 Å². The van der Waals surface area contributed by atoms with Crippen molar-refractivity contribution in [3.05, 3.63) is 193 Å². The molecule has 0 aliphatic rings. The summed E-state index contributed by atoms with van der Waals surface area (Å²) in [7, 11) is 90.2. The molecule has 0 saturated heterocycles. The van der Waals surface area contributed by atoms with Crippen LogP contribution in [0.2, 0.25) is 0 Å². The number of nitrogens with two attached hydrogens (primary N) is 1. The van der Waals surface area contributed by atoms with Gasteiger partial charge >= 0.3 is 12.2 Å². The highest BCUT2D eigenvalue weighted by Gasteiger charge is 2.50. The van der Waals surface area contributed by atoms with Crippen molar-refractivity contribution in [2.45, 2.75) is 20.1 Å². The monoisotopic (exact) mass is 1130 g/mol. The quantitative estimate of drug-likeness (QED) is 0.0451. The zero-order chi connectivity index (χ0) is 68.2. The summed E-state index contributed by atoms with van der Waals surface area (Å²) in [5.41, 5.74) is 69.8. The molecule has 0 spiro atoms. The molecule has 29 radical (unpaired) electrons. The van der Waals surface area contributed by atoms with E-state index < -0.39 is 88.8 Å². The largest absolute Gasteiger partial charge is 0.495 e. The zero-order valence-electron chi connectivity index (χ0n) is 51.0. The molecule has 0 aliphatic carbocycles. The molecule has 0 fully saturated rings. The summed E-state index contributed by atoms with van der Waals surface area (Å²) in [5.74, 6) is 1.08. The Morgan fingerprint density at radius 3 is 1.06 bits per heavy atom. The predicted molar refractivity (Wildman–Crippen MR) is 392 cm³/mol. The van der Waals surface area contributed by atoms with Crippen molar-refractivity contribution in [2.75, 3.05) is 69.9 Å². The lowest BCUT2D eigenvalue weighted by Crippen LogP contribution is -2.86. The smallest absolute Gasteiger partial charge is 0.411 e. The zero-order valence-corrected chi connectivity index (χ0v) is 51.0. The first kappa shape index (κ1) is 84.2. The molecule has 90 heavy (non-hydrogen) atoms. The van der Waals surface area contributed by atoms with Gasteiger partial charge < -0.3 is 39.5 Å². The summed E-state index contributed by atoms with van der Waals surface area (Å²) >= 11 is 0. The first-order valence-electron chi connectivity index (χ1n) is 26.5. The van der Waals surface area contributed by atoms with Crippen molar-refractivity contribution in [3.8, 4) is 11.5 Å². The Kier molecular flexibility index (Phi) is 49.5. The highest BCUT2D eigenvalue weighted by molar-refractivity contribution is 8.25. The third-order valence-corrected chi connectivity index (χ3v) is 11.1. The normalized spacial score (nSPS) is 7.94. The maximum Gasteiger partial charge on any atom is 0.411 e. The summed E-state index contributed by atoms with van der Waals surface area (Å²) in [4.78, 5) is 22.3. The van der Waals surface area contributed by atoms with Crippen LogP contribution < -0.4 is 31.2 Å². The Hall–Kier alpha value is -7.91. The van der Waals surface area contributed by atoms with E-state index in [1.165, 1.54) is 35.5 Å². The number of hydrogen-bond donors (Lipinski definition) is 4. The Morgan fingerprint density at radius 1 is 0.478 bits per heavy atom. The molecule has 2 rings (SSSR count). The number of carbonyl (C=O) groups is 2. The fourth-order valence-corrected chi connectivity index (χ4v) is 7.52. The van der Waals surface area contributed by atoms with Crippen LogP contribution in [-0.4, -0.2) is 259 Å². The molecule has 5 N–H and O–H groups in total. The molecule has 0 atom stereocenters. The third kappa shape index (κ3) is 37.8. The van der Waals surface area contributed by atoms with Crippen LogP contribution in [0.25, 0.3) is 0 Å².